The first-order valence-electron chi connectivity index (χ1n) is 6.74. The second-order valence-corrected chi connectivity index (χ2v) is 7.13. The number of para-hydroxylation sites is 1. The molecule has 0 aromatic heterocycles. The number of rotatable bonds is 5. The highest BCUT2D eigenvalue weighted by Crippen LogP contribution is 2.25. The van der Waals surface area contributed by atoms with Crippen LogP contribution in [0.25, 0.3) is 0 Å². The van der Waals surface area contributed by atoms with Gasteiger partial charge in [-0.05, 0) is 31.9 Å². The van der Waals surface area contributed by atoms with Gasteiger partial charge in [0.05, 0.1) is 22.4 Å². The lowest BCUT2D eigenvalue weighted by atomic mass is 10.1. The van der Waals surface area contributed by atoms with Crippen LogP contribution in [0.2, 0.25) is 0 Å². The summed E-state index contributed by atoms with van der Waals surface area (Å²) < 4.78 is 29.7. The van der Waals surface area contributed by atoms with Crippen LogP contribution < -0.4 is 5.32 Å². The molecule has 0 amide bonds. The fourth-order valence-electron chi connectivity index (χ4n) is 2.35. The Bertz CT molecular complexity index is 521. The molecule has 1 aliphatic rings. The molecule has 106 valence electrons. The van der Waals surface area contributed by atoms with E-state index in [-0.39, 0.29) is 17.9 Å². The van der Waals surface area contributed by atoms with Gasteiger partial charge in [-0.2, -0.15) is 0 Å². The molecule has 1 fully saturated rings. The minimum atomic E-state index is -3.20. The molecule has 4 nitrogen and oxygen atoms in total. The van der Waals surface area contributed by atoms with Gasteiger partial charge in [0.25, 0.3) is 0 Å². The average Bonchev–Trinajstić information content (AvgIpc) is 2.93. The molecular formula is C14H21NO3S. The van der Waals surface area contributed by atoms with E-state index in [1.165, 1.54) is 0 Å². The highest BCUT2D eigenvalue weighted by atomic mass is 32.2. The van der Waals surface area contributed by atoms with Gasteiger partial charge in [0, 0.05) is 12.6 Å². The maximum absolute atomic E-state index is 12.1. The molecule has 1 aromatic carbocycles. The van der Waals surface area contributed by atoms with Gasteiger partial charge in [-0.3, -0.25) is 0 Å². The fourth-order valence-corrected chi connectivity index (χ4v) is 3.41. The first-order valence-corrected chi connectivity index (χ1v) is 8.39. The van der Waals surface area contributed by atoms with E-state index >= 15 is 0 Å². The summed E-state index contributed by atoms with van der Waals surface area (Å²) in [6.45, 7) is 4.49. The third-order valence-corrected chi connectivity index (χ3v) is 5.29. The van der Waals surface area contributed by atoms with Crippen LogP contribution in [-0.2, 0) is 14.6 Å². The van der Waals surface area contributed by atoms with Gasteiger partial charge in [0.15, 0.2) is 9.84 Å². The zero-order valence-corrected chi connectivity index (χ0v) is 12.2. The first-order chi connectivity index (χ1) is 9.04. The maximum atomic E-state index is 12.1. The molecule has 1 aromatic rings. The summed E-state index contributed by atoms with van der Waals surface area (Å²) in [4.78, 5) is 0.377. The van der Waals surface area contributed by atoms with Crippen LogP contribution in [0, 0.1) is 0 Å². The summed E-state index contributed by atoms with van der Waals surface area (Å²) in [5.74, 6) is 0.111. The minimum Gasteiger partial charge on any atom is -0.379 e. The summed E-state index contributed by atoms with van der Waals surface area (Å²) in [5, 5.41) is 3.29. The van der Waals surface area contributed by atoms with Crippen LogP contribution in [0.1, 0.15) is 26.7 Å². The van der Waals surface area contributed by atoms with E-state index in [0.717, 1.165) is 19.4 Å². The minimum absolute atomic E-state index is 0.107. The van der Waals surface area contributed by atoms with Crippen LogP contribution in [0.3, 0.4) is 0 Å². The van der Waals surface area contributed by atoms with Crippen molar-refractivity contribution in [1.29, 1.82) is 0 Å². The van der Waals surface area contributed by atoms with Crippen LogP contribution in [-0.4, -0.2) is 32.9 Å². The molecule has 19 heavy (non-hydrogen) atoms. The summed E-state index contributed by atoms with van der Waals surface area (Å²) in [6, 6.07) is 7.18. The highest BCUT2D eigenvalue weighted by molar-refractivity contribution is 7.91. The molecule has 1 saturated heterocycles. The SMILES string of the molecule is CCS(=O)(=O)c1ccccc1NC(C)C1CCCO1. The molecular weight excluding hydrogens is 262 g/mol. The quantitative estimate of drug-likeness (QED) is 0.902. The van der Waals surface area contributed by atoms with E-state index in [1.54, 1.807) is 19.1 Å². The number of sulfone groups is 1. The number of hydrogen-bond acceptors (Lipinski definition) is 4. The second-order valence-electron chi connectivity index (χ2n) is 4.88. The lowest BCUT2D eigenvalue weighted by molar-refractivity contribution is 0.0996. The number of hydrogen-bond donors (Lipinski definition) is 1. The van der Waals surface area contributed by atoms with Crippen molar-refractivity contribution < 1.29 is 13.2 Å². The second kappa shape index (κ2) is 5.92. The van der Waals surface area contributed by atoms with Crippen LogP contribution in [0.5, 0.6) is 0 Å². The molecule has 0 aliphatic carbocycles. The third kappa shape index (κ3) is 3.28. The predicted molar refractivity (Wildman–Crippen MR) is 76.2 cm³/mol. The Kier molecular flexibility index (Phi) is 4.47. The van der Waals surface area contributed by atoms with Crippen molar-refractivity contribution in [3.63, 3.8) is 0 Å². The molecule has 1 aliphatic heterocycles. The molecule has 1 N–H and O–H groups in total. The van der Waals surface area contributed by atoms with Gasteiger partial charge in [-0.25, -0.2) is 8.42 Å². The van der Waals surface area contributed by atoms with Crippen LogP contribution >= 0.6 is 0 Å². The molecule has 2 rings (SSSR count). The molecule has 0 spiro atoms. The zero-order chi connectivity index (χ0) is 13.9. The number of anilines is 1. The van der Waals surface area contributed by atoms with Crippen molar-refractivity contribution in [1.82, 2.24) is 0 Å². The van der Waals surface area contributed by atoms with Crippen molar-refractivity contribution in [2.75, 3.05) is 17.7 Å². The smallest absolute Gasteiger partial charge is 0.180 e. The van der Waals surface area contributed by atoms with Crippen LogP contribution in [0.4, 0.5) is 5.69 Å². The standard InChI is InChI=1S/C14H21NO3S/c1-3-19(16,17)14-9-5-4-7-12(14)15-11(2)13-8-6-10-18-13/h4-5,7,9,11,13,15H,3,6,8,10H2,1-2H3. The summed E-state index contributed by atoms with van der Waals surface area (Å²) in [5.41, 5.74) is 0.673. The Morgan fingerprint density at radius 3 is 2.79 bits per heavy atom. The summed E-state index contributed by atoms with van der Waals surface area (Å²) in [6.07, 6.45) is 2.26. The number of nitrogens with one attached hydrogen (secondary N) is 1. The Labute approximate surface area is 115 Å². The Morgan fingerprint density at radius 1 is 1.42 bits per heavy atom. The Hall–Kier alpha value is -1.07. The third-order valence-electron chi connectivity index (χ3n) is 3.51. The van der Waals surface area contributed by atoms with E-state index in [0.29, 0.717) is 10.6 Å². The lowest BCUT2D eigenvalue weighted by Gasteiger charge is -2.22. The lowest BCUT2D eigenvalue weighted by Crippen LogP contribution is -2.30. The maximum Gasteiger partial charge on any atom is 0.180 e. The molecule has 2 atom stereocenters. The predicted octanol–water partition coefficient (Wildman–Crippen LogP) is 2.46. The van der Waals surface area contributed by atoms with Crippen molar-refractivity contribution in [3.05, 3.63) is 24.3 Å². The van der Waals surface area contributed by atoms with E-state index in [1.807, 2.05) is 19.1 Å². The molecule has 1 heterocycles. The molecule has 0 bridgehead atoms. The van der Waals surface area contributed by atoms with Gasteiger partial charge in [0.2, 0.25) is 0 Å². The van der Waals surface area contributed by atoms with Crippen molar-refractivity contribution in [2.24, 2.45) is 0 Å². The van der Waals surface area contributed by atoms with Crippen LogP contribution in [0.15, 0.2) is 29.2 Å². The van der Waals surface area contributed by atoms with Gasteiger partial charge in [-0.15, -0.1) is 0 Å². The van der Waals surface area contributed by atoms with Crippen molar-refractivity contribution >= 4 is 15.5 Å². The van der Waals surface area contributed by atoms with E-state index < -0.39 is 9.84 Å². The van der Waals surface area contributed by atoms with Gasteiger partial charge >= 0.3 is 0 Å². The largest absolute Gasteiger partial charge is 0.379 e. The van der Waals surface area contributed by atoms with Gasteiger partial charge < -0.3 is 10.1 Å². The summed E-state index contributed by atoms with van der Waals surface area (Å²) >= 11 is 0. The van der Waals surface area contributed by atoms with E-state index in [2.05, 4.69) is 5.32 Å². The summed E-state index contributed by atoms with van der Waals surface area (Å²) in [7, 11) is -3.20. The Balaban J connectivity index is 2.20. The molecule has 5 heteroatoms. The fraction of sp³-hybridized carbons (Fsp3) is 0.571. The molecule has 0 saturated carbocycles. The van der Waals surface area contributed by atoms with Gasteiger partial charge in [0.1, 0.15) is 0 Å². The normalized spacial score (nSPS) is 21.3. The number of benzene rings is 1. The first kappa shape index (κ1) is 14.3. The molecule has 0 radical (unpaired) electrons. The highest BCUT2D eigenvalue weighted by Gasteiger charge is 2.24. The van der Waals surface area contributed by atoms with Gasteiger partial charge in [-0.1, -0.05) is 19.1 Å². The zero-order valence-electron chi connectivity index (χ0n) is 11.4. The van der Waals surface area contributed by atoms with Crippen molar-refractivity contribution in [3.8, 4) is 0 Å². The van der Waals surface area contributed by atoms with E-state index in [9.17, 15) is 8.42 Å². The average molecular weight is 283 g/mol. The monoisotopic (exact) mass is 283 g/mol. The van der Waals surface area contributed by atoms with Crippen molar-refractivity contribution in [2.45, 2.75) is 43.7 Å². The van der Waals surface area contributed by atoms with E-state index in [4.69, 9.17) is 4.74 Å². The topological polar surface area (TPSA) is 55.4 Å². The Morgan fingerprint density at radius 2 is 2.16 bits per heavy atom. The molecule has 2 unspecified atom stereocenters. The number of ether oxygens (including phenoxy) is 1.